The molecule has 0 aliphatic carbocycles. The van der Waals surface area contributed by atoms with Crippen molar-refractivity contribution in [2.45, 2.75) is 40.7 Å². The molecule has 0 aliphatic rings. The lowest BCUT2D eigenvalue weighted by Gasteiger charge is -2.15. The molecular formula is C16H21F2N3. The molecule has 114 valence electrons. The van der Waals surface area contributed by atoms with Gasteiger partial charge in [0, 0.05) is 12.1 Å². The number of hydrogen-bond acceptors (Lipinski definition) is 2. The van der Waals surface area contributed by atoms with Crippen molar-refractivity contribution in [2.75, 3.05) is 6.54 Å². The summed E-state index contributed by atoms with van der Waals surface area (Å²) in [5.74, 6) is 0. The third-order valence-corrected chi connectivity index (χ3v) is 3.51. The molecular weight excluding hydrogens is 272 g/mol. The Morgan fingerprint density at radius 2 is 1.81 bits per heavy atom. The van der Waals surface area contributed by atoms with Gasteiger partial charge in [0.25, 0.3) is 6.43 Å². The van der Waals surface area contributed by atoms with Gasteiger partial charge in [-0.05, 0) is 38.4 Å². The molecule has 21 heavy (non-hydrogen) atoms. The summed E-state index contributed by atoms with van der Waals surface area (Å²) in [7, 11) is 0. The molecule has 3 nitrogen and oxygen atoms in total. The Balaban J connectivity index is 2.57. The highest BCUT2D eigenvalue weighted by atomic mass is 19.3. The standard InChI is InChI=1S/C16H21F2N3/c1-5-19-8-13-9-20-21(15(13)16(17)18)14-11(3)6-10(2)7-12(14)4/h6-7,9,16,19H,5,8H2,1-4H3. The predicted molar refractivity (Wildman–Crippen MR) is 80.1 cm³/mol. The van der Waals surface area contributed by atoms with Gasteiger partial charge >= 0.3 is 0 Å². The summed E-state index contributed by atoms with van der Waals surface area (Å²) >= 11 is 0. The Hall–Kier alpha value is -1.75. The van der Waals surface area contributed by atoms with Crippen LogP contribution >= 0.6 is 0 Å². The Labute approximate surface area is 124 Å². The minimum atomic E-state index is -2.55. The van der Waals surface area contributed by atoms with E-state index in [9.17, 15) is 8.78 Å². The largest absolute Gasteiger partial charge is 0.313 e. The normalized spacial score (nSPS) is 11.4. The minimum absolute atomic E-state index is 0.0222. The molecule has 1 heterocycles. The van der Waals surface area contributed by atoms with Gasteiger partial charge in [-0.3, -0.25) is 0 Å². The highest BCUT2D eigenvalue weighted by molar-refractivity contribution is 5.50. The molecule has 0 bridgehead atoms. The van der Waals surface area contributed by atoms with Crippen molar-refractivity contribution in [1.82, 2.24) is 15.1 Å². The van der Waals surface area contributed by atoms with E-state index in [1.54, 1.807) is 0 Å². The fraction of sp³-hybridized carbons (Fsp3) is 0.438. The molecule has 0 spiro atoms. The van der Waals surface area contributed by atoms with Gasteiger partial charge in [0.15, 0.2) is 0 Å². The monoisotopic (exact) mass is 293 g/mol. The van der Waals surface area contributed by atoms with Gasteiger partial charge in [-0.1, -0.05) is 24.6 Å². The van der Waals surface area contributed by atoms with E-state index in [1.165, 1.54) is 10.9 Å². The van der Waals surface area contributed by atoms with Crippen molar-refractivity contribution in [3.63, 3.8) is 0 Å². The van der Waals surface area contributed by atoms with Crippen LogP contribution in [0, 0.1) is 20.8 Å². The second-order valence-electron chi connectivity index (χ2n) is 5.30. The van der Waals surface area contributed by atoms with E-state index in [0.717, 1.165) is 28.9 Å². The van der Waals surface area contributed by atoms with Crippen molar-refractivity contribution in [1.29, 1.82) is 0 Å². The SMILES string of the molecule is CCNCc1cnn(-c2c(C)cc(C)cc2C)c1C(F)F. The van der Waals surface area contributed by atoms with Gasteiger partial charge in [0.05, 0.1) is 11.9 Å². The van der Waals surface area contributed by atoms with Crippen LogP contribution in [-0.4, -0.2) is 16.3 Å². The van der Waals surface area contributed by atoms with E-state index in [0.29, 0.717) is 12.1 Å². The molecule has 2 aromatic rings. The molecule has 0 fully saturated rings. The number of benzene rings is 1. The lowest BCUT2D eigenvalue weighted by Crippen LogP contribution is -2.14. The van der Waals surface area contributed by atoms with E-state index in [4.69, 9.17) is 0 Å². The first-order chi connectivity index (χ1) is 9.95. The van der Waals surface area contributed by atoms with Gasteiger partial charge < -0.3 is 5.32 Å². The quantitative estimate of drug-likeness (QED) is 0.907. The summed E-state index contributed by atoms with van der Waals surface area (Å²) < 4.78 is 28.4. The number of nitrogens with zero attached hydrogens (tertiary/aromatic N) is 2. The van der Waals surface area contributed by atoms with Gasteiger partial charge in [-0.15, -0.1) is 0 Å². The van der Waals surface area contributed by atoms with Gasteiger partial charge in [0.1, 0.15) is 5.69 Å². The van der Waals surface area contributed by atoms with Gasteiger partial charge in [-0.2, -0.15) is 5.10 Å². The van der Waals surface area contributed by atoms with Crippen LogP contribution < -0.4 is 5.32 Å². The number of hydrogen-bond donors (Lipinski definition) is 1. The zero-order valence-electron chi connectivity index (χ0n) is 12.9. The molecule has 1 aromatic carbocycles. The maximum atomic E-state index is 13.5. The molecule has 0 saturated heterocycles. The summed E-state index contributed by atoms with van der Waals surface area (Å²) in [4.78, 5) is 0. The molecule has 0 radical (unpaired) electrons. The number of alkyl halides is 2. The maximum absolute atomic E-state index is 13.5. The van der Waals surface area contributed by atoms with Crippen LogP contribution in [0.3, 0.4) is 0 Å². The molecule has 2 rings (SSSR count). The number of aryl methyl sites for hydroxylation is 3. The Morgan fingerprint density at radius 3 is 2.33 bits per heavy atom. The average molecular weight is 293 g/mol. The van der Waals surface area contributed by atoms with E-state index >= 15 is 0 Å². The molecule has 0 atom stereocenters. The zero-order chi connectivity index (χ0) is 15.6. The summed E-state index contributed by atoms with van der Waals surface area (Å²) in [6.07, 6.45) is -1.02. The molecule has 1 N–H and O–H groups in total. The number of halogens is 2. The predicted octanol–water partition coefficient (Wildman–Crippen LogP) is 3.84. The first-order valence-corrected chi connectivity index (χ1v) is 7.09. The van der Waals surface area contributed by atoms with Crippen molar-refractivity contribution < 1.29 is 8.78 Å². The second kappa shape index (κ2) is 6.35. The third-order valence-electron chi connectivity index (χ3n) is 3.51. The Morgan fingerprint density at radius 1 is 1.19 bits per heavy atom. The number of nitrogens with one attached hydrogen (secondary N) is 1. The molecule has 1 aromatic heterocycles. The van der Waals surface area contributed by atoms with Crippen LogP contribution in [0.1, 0.15) is 41.3 Å². The van der Waals surface area contributed by atoms with Gasteiger partial charge in [0.2, 0.25) is 0 Å². The molecule has 0 amide bonds. The minimum Gasteiger partial charge on any atom is -0.313 e. The average Bonchev–Trinajstić information content (AvgIpc) is 2.78. The van der Waals surface area contributed by atoms with Crippen LogP contribution in [0.4, 0.5) is 8.78 Å². The molecule has 0 aliphatic heterocycles. The highest BCUT2D eigenvalue weighted by Gasteiger charge is 2.22. The fourth-order valence-corrected chi connectivity index (χ4v) is 2.70. The van der Waals surface area contributed by atoms with Crippen LogP contribution in [0.5, 0.6) is 0 Å². The van der Waals surface area contributed by atoms with Crippen molar-refractivity contribution in [3.8, 4) is 5.69 Å². The fourth-order valence-electron chi connectivity index (χ4n) is 2.70. The molecule has 0 saturated carbocycles. The van der Waals surface area contributed by atoms with Crippen molar-refractivity contribution >= 4 is 0 Å². The highest BCUT2D eigenvalue weighted by Crippen LogP contribution is 2.29. The first kappa shape index (κ1) is 15.6. The summed E-state index contributed by atoms with van der Waals surface area (Å²) in [6.45, 7) is 8.93. The molecule has 5 heteroatoms. The lowest BCUT2D eigenvalue weighted by atomic mass is 10.0. The van der Waals surface area contributed by atoms with Crippen molar-refractivity contribution in [3.05, 3.63) is 46.3 Å². The number of rotatable bonds is 5. The lowest BCUT2D eigenvalue weighted by molar-refractivity contribution is 0.141. The second-order valence-corrected chi connectivity index (χ2v) is 5.30. The topological polar surface area (TPSA) is 29.9 Å². The third kappa shape index (κ3) is 3.13. The zero-order valence-corrected chi connectivity index (χ0v) is 12.9. The first-order valence-electron chi connectivity index (χ1n) is 7.09. The smallest absolute Gasteiger partial charge is 0.280 e. The van der Waals surface area contributed by atoms with Crippen LogP contribution in [0.2, 0.25) is 0 Å². The van der Waals surface area contributed by atoms with Crippen LogP contribution in [0.25, 0.3) is 5.69 Å². The van der Waals surface area contributed by atoms with E-state index in [-0.39, 0.29) is 5.69 Å². The van der Waals surface area contributed by atoms with Crippen LogP contribution in [-0.2, 0) is 6.54 Å². The maximum Gasteiger partial charge on any atom is 0.280 e. The molecule has 0 unspecified atom stereocenters. The van der Waals surface area contributed by atoms with E-state index < -0.39 is 6.43 Å². The van der Waals surface area contributed by atoms with E-state index in [1.807, 2.05) is 39.8 Å². The number of aromatic nitrogens is 2. The van der Waals surface area contributed by atoms with E-state index in [2.05, 4.69) is 10.4 Å². The Kier molecular flexibility index (Phi) is 4.73. The summed E-state index contributed by atoms with van der Waals surface area (Å²) in [5, 5.41) is 7.28. The summed E-state index contributed by atoms with van der Waals surface area (Å²) in [6, 6.07) is 3.98. The van der Waals surface area contributed by atoms with Gasteiger partial charge in [-0.25, -0.2) is 13.5 Å². The van der Waals surface area contributed by atoms with Crippen LogP contribution in [0.15, 0.2) is 18.3 Å². The Bertz CT molecular complexity index is 609. The van der Waals surface area contributed by atoms with Crippen molar-refractivity contribution in [2.24, 2.45) is 0 Å². The summed E-state index contributed by atoms with van der Waals surface area (Å²) in [5.41, 5.74) is 4.29.